The monoisotopic (exact) mass is 256 g/mol. The summed E-state index contributed by atoms with van der Waals surface area (Å²) < 4.78 is 32.0. The molecule has 0 spiro atoms. The Morgan fingerprint density at radius 1 is 1.56 bits per heavy atom. The fourth-order valence-electron chi connectivity index (χ4n) is 2.39. The van der Waals surface area contributed by atoms with Gasteiger partial charge in [0.15, 0.2) is 11.6 Å². The molecule has 1 aromatic rings. The lowest BCUT2D eigenvalue weighted by molar-refractivity contribution is -0.151. The second kappa shape index (κ2) is 4.65. The van der Waals surface area contributed by atoms with Gasteiger partial charge in [-0.25, -0.2) is 8.78 Å². The summed E-state index contributed by atoms with van der Waals surface area (Å²) in [5.74, 6) is -2.96. The Morgan fingerprint density at radius 3 is 2.83 bits per heavy atom. The lowest BCUT2D eigenvalue weighted by Crippen LogP contribution is -2.39. The van der Waals surface area contributed by atoms with Crippen molar-refractivity contribution in [2.24, 2.45) is 5.41 Å². The number of rotatable bonds is 3. The number of carboxylic acids is 1. The second-order valence-electron chi connectivity index (χ2n) is 4.61. The van der Waals surface area contributed by atoms with E-state index in [1.54, 1.807) is 6.92 Å². The van der Waals surface area contributed by atoms with Crippen LogP contribution in [0.4, 0.5) is 8.78 Å². The van der Waals surface area contributed by atoms with Gasteiger partial charge in [-0.3, -0.25) is 4.79 Å². The predicted octanol–water partition coefficient (Wildman–Crippen LogP) is 2.39. The fourth-order valence-corrected chi connectivity index (χ4v) is 2.39. The first-order valence-corrected chi connectivity index (χ1v) is 5.75. The van der Waals surface area contributed by atoms with Crippen LogP contribution in [0.2, 0.25) is 0 Å². The van der Waals surface area contributed by atoms with Crippen molar-refractivity contribution in [2.45, 2.75) is 25.9 Å². The number of halogens is 2. The lowest BCUT2D eigenvalue weighted by Gasteiger charge is -2.27. The molecule has 3 nitrogen and oxygen atoms in total. The van der Waals surface area contributed by atoms with Gasteiger partial charge in [-0.05, 0) is 31.4 Å². The minimum atomic E-state index is -1.17. The molecule has 0 amide bonds. The molecule has 0 radical (unpaired) electrons. The van der Waals surface area contributed by atoms with Crippen LogP contribution in [-0.2, 0) is 16.0 Å². The molecule has 1 heterocycles. The van der Waals surface area contributed by atoms with Gasteiger partial charge in [-0.1, -0.05) is 12.1 Å². The highest BCUT2D eigenvalue weighted by molar-refractivity contribution is 5.76. The van der Waals surface area contributed by atoms with Gasteiger partial charge >= 0.3 is 5.97 Å². The second-order valence-corrected chi connectivity index (χ2v) is 4.61. The molecule has 1 fully saturated rings. The number of ether oxygens (including phenoxy) is 1. The molecule has 0 saturated carbocycles. The molecule has 1 aliphatic rings. The summed E-state index contributed by atoms with van der Waals surface area (Å²) in [7, 11) is 0. The Kier molecular flexibility index (Phi) is 3.34. The number of hydrogen-bond acceptors (Lipinski definition) is 2. The number of benzene rings is 1. The SMILES string of the molecule is CC1OCCC1(Cc1cccc(F)c1F)C(=O)O. The first kappa shape index (κ1) is 13.0. The van der Waals surface area contributed by atoms with Gasteiger partial charge in [0.25, 0.3) is 0 Å². The third kappa shape index (κ3) is 1.99. The Labute approximate surface area is 103 Å². The third-order valence-corrected chi connectivity index (χ3v) is 3.66. The van der Waals surface area contributed by atoms with Gasteiger partial charge in [-0.2, -0.15) is 0 Å². The largest absolute Gasteiger partial charge is 0.481 e. The maximum Gasteiger partial charge on any atom is 0.312 e. The molecule has 1 N–H and O–H groups in total. The summed E-state index contributed by atoms with van der Waals surface area (Å²) >= 11 is 0. The van der Waals surface area contributed by atoms with E-state index >= 15 is 0 Å². The highest BCUT2D eigenvalue weighted by Crippen LogP contribution is 2.39. The summed E-state index contributed by atoms with van der Waals surface area (Å²) in [5, 5.41) is 9.36. The zero-order chi connectivity index (χ0) is 13.3. The van der Waals surface area contributed by atoms with E-state index in [4.69, 9.17) is 4.74 Å². The number of aliphatic carboxylic acids is 1. The maximum atomic E-state index is 13.6. The minimum Gasteiger partial charge on any atom is -0.481 e. The van der Waals surface area contributed by atoms with Crippen molar-refractivity contribution in [2.75, 3.05) is 6.61 Å². The van der Waals surface area contributed by atoms with Crippen molar-refractivity contribution in [3.8, 4) is 0 Å². The van der Waals surface area contributed by atoms with E-state index in [0.29, 0.717) is 13.0 Å². The lowest BCUT2D eigenvalue weighted by atomic mass is 9.76. The molecule has 2 atom stereocenters. The molecule has 0 aliphatic carbocycles. The standard InChI is InChI=1S/C13H14F2O3/c1-8-13(12(16)17,5-6-18-8)7-9-3-2-4-10(14)11(9)15/h2-4,8H,5-7H2,1H3,(H,16,17). The van der Waals surface area contributed by atoms with Crippen molar-refractivity contribution in [1.82, 2.24) is 0 Å². The topological polar surface area (TPSA) is 46.5 Å². The van der Waals surface area contributed by atoms with Crippen molar-refractivity contribution < 1.29 is 23.4 Å². The van der Waals surface area contributed by atoms with E-state index < -0.39 is 29.1 Å². The first-order valence-electron chi connectivity index (χ1n) is 5.75. The summed E-state index contributed by atoms with van der Waals surface area (Å²) in [6.07, 6.45) is -0.273. The highest BCUT2D eigenvalue weighted by atomic mass is 19.2. The summed E-state index contributed by atoms with van der Waals surface area (Å²) in [6.45, 7) is 1.97. The average molecular weight is 256 g/mol. The Balaban J connectivity index is 2.36. The first-order chi connectivity index (χ1) is 8.47. The molecule has 2 unspecified atom stereocenters. The van der Waals surface area contributed by atoms with Gasteiger partial charge in [0.2, 0.25) is 0 Å². The normalized spacial score (nSPS) is 27.4. The van der Waals surface area contributed by atoms with Crippen LogP contribution in [0, 0.1) is 17.0 Å². The van der Waals surface area contributed by atoms with E-state index in [1.165, 1.54) is 12.1 Å². The van der Waals surface area contributed by atoms with Gasteiger partial charge in [-0.15, -0.1) is 0 Å². The molecular formula is C13H14F2O3. The van der Waals surface area contributed by atoms with Crippen LogP contribution in [0.1, 0.15) is 18.9 Å². The smallest absolute Gasteiger partial charge is 0.312 e. The molecule has 98 valence electrons. The van der Waals surface area contributed by atoms with Gasteiger partial charge in [0, 0.05) is 6.61 Å². The van der Waals surface area contributed by atoms with Gasteiger partial charge < -0.3 is 9.84 Å². The summed E-state index contributed by atoms with van der Waals surface area (Å²) in [5.41, 5.74) is -1.09. The number of carbonyl (C=O) groups is 1. The fraction of sp³-hybridized carbons (Fsp3) is 0.462. The van der Waals surface area contributed by atoms with Crippen molar-refractivity contribution in [3.05, 3.63) is 35.4 Å². The molecule has 0 aromatic heterocycles. The summed E-state index contributed by atoms with van der Waals surface area (Å²) in [4.78, 5) is 11.4. The third-order valence-electron chi connectivity index (χ3n) is 3.66. The number of carboxylic acid groups (broad SMARTS) is 1. The molecular weight excluding hydrogens is 242 g/mol. The molecule has 1 aliphatic heterocycles. The molecule has 1 saturated heterocycles. The van der Waals surface area contributed by atoms with Crippen molar-refractivity contribution in [3.63, 3.8) is 0 Å². The maximum absolute atomic E-state index is 13.6. The van der Waals surface area contributed by atoms with Crippen LogP contribution in [0.5, 0.6) is 0 Å². The predicted molar refractivity (Wildman–Crippen MR) is 60.2 cm³/mol. The number of hydrogen-bond donors (Lipinski definition) is 1. The van der Waals surface area contributed by atoms with E-state index in [9.17, 15) is 18.7 Å². The molecule has 5 heteroatoms. The Morgan fingerprint density at radius 2 is 2.28 bits per heavy atom. The van der Waals surface area contributed by atoms with Crippen LogP contribution in [0.15, 0.2) is 18.2 Å². The van der Waals surface area contributed by atoms with Crippen LogP contribution in [-0.4, -0.2) is 23.8 Å². The van der Waals surface area contributed by atoms with Gasteiger partial charge in [0.05, 0.1) is 11.5 Å². The van der Waals surface area contributed by atoms with E-state index in [-0.39, 0.29) is 12.0 Å². The zero-order valence-electron chi connectivity index (χ0n) is 9.95. The molecule has 18 heavy (non-hydrogen) atoms. The molecule has 2 rings (SSSR count). The van der Waals surface area contributed by atoms with Crippen molar-refractivity contribution in [1.29, 1.82) is 0 Å². The Hall–Kier alpha value is -1.49. The molecule has 1 aromatic carbocycles. The Bertz CT molecular complexity index is 475. The van der Waals surface area contributed by atoms with Crippen molar-refractivity contribution >= 4 is 5.97 Å². The van der Waals surface area contributed by atoms with E-state index in [0.717, 1.165) is 6.07 Å². The highest BCUT2D eigenvalue weighted by Gasteiger charge is 2.48. The zero-order valence-corrected chi connectivity index (χ0v) is 9.95. The van der Waals surface area contributed by atoms with Crippen LogP contribution >= 0.6 is 0 Å². The summed E-state index contributed by atoms with van der Waals surface area (Å²) in [6, 6.07) is 3.80. The quantitative estimate of drug-likeness (QED) is 0.903. The van der Waals surface area contributed by atoms with E-state index in [1.807, 2.05) is 0 Å². The minimum absolute atomic E-state index is 0.0624. The van der Waals surface area contributed by atoms with Gasteiger partial charge in [0.1, 0.15) is 0 Å². The van der Waals surface area contributed by atoms with E-state index in [2.05, 4.69) is 0 Å². The van der Waals surface area contributed by atoms with Crippen LogP contribution in [0.25, 0.3) is 0 Å². The molecule has 0 bridgehead atoms. The van der Waals surface area contributed by atoms with Crippen LogP contribution < -0.4 is 0 Å². The average Bonchev–Trinajstić information content (AvgIpc) is 2.68. The van der Waals surface area contributed by atoms with Crippen LogP contribution in [0.3, 0.4) is 0 Å².